The molecule has 0 fully saturated rings. The number of hydrogen-bond donors (Lipinski definition) is 1. The number of aromatic nitrogens is 3. The van der Waals surface area contributed by atoms with Crippen LogP contribution in [0.25, 0.3) is 44.5 Å². The van der Waals surface area contributed by atoms with E-state index in [1.54, 1.807) is 12.4 Å². The van der Waals surface area contributed by atoms with E-state index in [1.165, 1.54) is 16.7 Å². The fraction of sp³-hybridized carbons (Fsp3) is 0.119. The fourth-order valence-electron chi connectivity index (χ4n) is 6.97. The van der Waals surface area contributed by atoms with Gasteiger partial charge in [-0.3, -0.25) is 9.97 Å². The van der Waals surface area contributed by atoms with Gasteiger partial charge in [0.2, 0.25) is 0 Å². The van der Waals surface area contributed by atoms with Gasteiger partial charge in [0.15, 0.2) is 0 Å². The Hall–Kier alpha value is -4.92. The number of phenols is 1. The molecule has 0 unspecified atom stereocenters. The SMILES string of the molecule is CC(C)(C)c1cc(-c2ncnc3ccccc23)[c-]c(C2(c3cccc(-c4ccccc4O)n3)c3ccccc3-c3ccccc32)c1.[Pt]. The summed E-state index contributed by atoms with van der Waals surface area (Å²) in [6.07, 6.45) is 1.64. The van der Waals surface area contributed by atoms with Gasteiger partial charge in [-0.05, 0) is 69.1 Å². The second-order valence-corrected chi connectivity index (χ2v) is 13.0. The predicted molar refractivity (Wildman–Crippen MR) is 185 cm³/mol. The van der Waals surface area contributed by atoms with Gasteiger partial charge in [-0.2, -0.15) is 0 Å². The van der Waals surface area contributed by atoms with Crippen molar-refractivity contribution in [1.29, 1.82) is 0 Å². The summed E-state index contributed by atoms with van der Waals surface area (Å²) in [7, 11) is 0. The van der Waals surface area contributed by atoms with Crippen LogP contribution in [-0.4, -0.2) is 20.1 Å². The molecule has 5 heteroatoms. The van der Waals surface area contributed by atoms with Crippen molar-refractivity contribution in [3.8, 4) is 39.4 Å². The molecule has 0 amide bonds. The van der Waals surface area contributed by atoms with Gasteiger partial charge in [0.05, 0.1) is 22.3 Å². The molecule has 5 aromatic carbocycles. The minimum absolute atomic E-state index is 0. The summed E-state index contributed by atoms with van der Waals surface area (Å²) in [6, 6.07) is 47.4. The first kappa shape index (κ1) is 30.7. The Morgan fingerprint density at radius 3 is 2.00 bits per heavy atom. The zero-order valence-electron chi connectivity index (χ0n) is 26.3. The molecule has 7 aromatic rings. The van der Waals surface area contributed by atoms with Crippen molar-refractivity contribution in [2.24, 2.45) is 0 Å². The minimum Gasteiger partial charge on any atom is -0.507 e. The van der Waals surface area contributed by atoms with Crippen LogP contribution in [0.15, 0.2) is 134 Å². The molecule has 0 spiro atoms. The first-order valence-corrected chi connectivity index (χ1v) is 15.6. The Bertz CT molecular complexity index is 2240. The van der Waals surface area contributed by atoms with Crippen LogP contribution in [0.4, 0.5) is 0 Å². The van der Waals surface area contributed by atoms with Crippen LogP contribution in [0.2, 0.25) is 0 Å². The Kier molecular flexibility index (Phi) is 7.65. The van der Waals surface area contributed by atoms with E-state index in [2.05, 4.69) is 105 Å². The summed E-state index contributed by atoms with van der Waals surface area (Å²) < 4.78 is 0. The van der Waals surface area contributed by atoms with Gasteiger partial charge < -0.3 is 5.11 Å². The number of phenolic OH excluding ortho intramolecular Hbond substituents is 1. The Labute approximate surface area is 289 Å². The van der Waals surface area contributed by atoms with Crippen molar-refractivity contribution in [3.05, 3.63) is 168 Å². The van der Waals surface area contributed by atoms with Crippen molar-refractivity contribution in [3.63, 3.8) is 0 Å². The number of para-hydroxylation sites is 2. The predicted octanol–water partition coefficient (Wildman–Crippen LogP) is 9.52. The molecular formula is C42H32N3OPt-. The largest absolute Gasteiger partial charge is 0.507 e. The van der Waals surface area contributed by atoms with Crippen LogP contribution >= 0.6 is 0 Å². The molecule has 0 saturated carbocycles. The number of hydrogen-bond acceptors (Lipinski definition) is 4. The maximum atomic E-state index is 10.8. The van der Waals surface area contributed by atoms with Crippen molar-refractivity contribution in [2.45, 2.75) is 31.6 Å². The molecule has 4 nitrogen and oxygen atoms in total. The monoisotopic (exact) mass is 789 g/mol. The zero-order chi connectivity index (χ0) is 31.5. The maximum absolute atomic E-state index is 10.8. The minimum atomic E-state index is -0.785. The first-order chi connectivity index (χ1) is 22.4. The maximum Gasteiger partial charge on any atom is 0.124 e. The zero-order valence-corrected chi connectivity index (χ0v) is 28.6. The smallest absolute Gasteiger partial charge is 0.124 e. The number of fused-ring (bicyclic) bond motifs is 4. The van der Waals surface area contributed by atoms with E-state index in [0.717, 1.165) is 44.5 Å². The Morgan fingerprint density at radius 1 is 0.660 bits per heavy atom. The number of rotatable bonds is 4. The second-order valence-electron chi connectivity index (χ2n) is 13.0. The standard InChI is InChI=1S/C42H32N3O.Pt/c1-41(2,3)28-23-27(40-33-16-6-10-19-36(33)43-26-44-40)24-29(25-28)42(34-17-8-4-13-30(34)31-14-5-9-18-35(31)42)39-22-12-20-37(45-39)32-15-7-11-21-38(32)46;/h4-23,25-26,46H,1-3H3;/q-1;. The molecule has 8 rings (SSSR count). The number of aromatic hydroxyl groups is 1. The van der Waals surface area contributed by atoms with E-state index in [1.807, 2.05) is 48.5 Å². The number of benzene rings is 5. The van der Waals surface area contributed by atoms with Gasteiger partial charge >= 0.3 is 0 Å². The molecule has 47 heavy (non-hydrogen) atoms. The quantitative estimate of drug-likeness (QED) is 0.181. The van der Waals surface area contributed by atoms with E-state index in [4.69, 9.17) is 9.97 Å². The Balaban J connectivity index is 0.00000351. The van der Waals surface area contributed by atoms with E-state index < -0.39 is 5.41 Å². The third kappa shape index (κ3) is 4.91. The van der Waals surface area contributed by atoms with Crippen molar-refractivity contribution in [1.82, 2.24) is 15.0 Å². The van der Waals surface area contributed by atoms with Crippen molar-refractivity contribution in [2.75, 3.05) is 0 Å². The molecule has 2 heterocycles. The van der Waals surface area contributed by atoms with Gasteiger partial charge in [-0.15, -0.1) is 34.9 Å². The van der Waals surface area contributed by atoms with Crippen LogP contribution in [0.1, 0.15) is 48.7 Å². The van der Waals surface area contributed by atoms with Crippen LogP contribution in [0, 0.1) is 6.07 Å². The summed E-state index contributed by atoms with van der Waals surface area (Å²) in [4.78, 5) is 14.7. The molecule has 0 aliphatic heterocycles. The molecular weight excluding hydrogens is 758 g/mol. The third-order valence-electron chi connectivity index (χ3n) is 9.20. The van der Waals surface area contributed by atoms with Gasteiger partial charge in [-0.25, -0.2) is 4.98 Å². The molecule has 0 radical (unpaired) electrons. The van der Waals surface area contributed by atoms with Crippen LogP contribution in [0.5, 0.6) is 5.75 Å². The van der Waals surface area contributed by atoms with Gasteiger partial charge in [0.25, 0.3) is 0 Å². The van der Waals surface area contributed by atoms with E-state index >= 15 is 0 Å². The fourth-order valence-corrected chi connectivity index (χ4v) is 6.97. The first-order valence-electron chi connectivity index (χ1n) is 15.6. The summed E-state index contributed by atoms with van der Waals surface area (Å²) in [6.45, 7) is 6.73. The van der Waals surface area contributed by atoms with Gasteiger partial charge in [-0.1, -0.05) is 106 Å². The number of pyridine rings is 1. The molecule has 1 N–H and O–H groups in total. The van der Waals surface area contributed by atoms with Crippen LogP contribution < -0.4 is 0 Å². The summed E-state index contributed by atoms with van der Waals surface area (Å²) in [5.74, 6) is 0.202. The summed E-state index contributed by atoms with van der Waals surface area (Å²) >= 11 is 0. The molecule has 1 aliphatic carbocycles. The van der Waals surface area contributed by atoms with Gasteiger partial charge in [0.1, 0.15) is 12.1 Å². The van der Waals surface area contributed by atoms with Crippen molar-refractivity contribution >= 4 is 10.9 Å². The molecule has 0 bridgehead atoms. The Morgan fingerprint density at radius 2 is 1.30 bits per heavy atom. The average Bonchev–Trinajstić information content (AvgIpc) is 3.39. The van der Waals surface area contributed by atoms with Gasteiger partial charge in [0, 0.05) is 26.6 Å². The molecule has 2 aromatic heterocycles. The van der Waals surface area contributed by atoms with E-state index in [9.17, 15) is 5.11 Å². The summed E-state index contributed by atoms with van der Waals surface area (Å²) in [5, 5.41) is 11.8. The molecule has 232 valence electrons. The topological polar surface area (TPSA) is 58.9 Å². The molecule has 1 aliphatic rings. The van der Waals surface area contributed by atoms with E-state index in [-0.39, 0.29) is 32.2 Å². The number of nitrogens with zero attached hydrogens (tertiary/aromatic N) is 3. The second kappa shape index (κ2) is 11.7. The normalized spacial score (nSPS) is 13.1. The molecule has 0 atom stereocenters. The third-order valence-corrected chi connectivity index (χ3v) is 9.20. The molecule has 0 saturated heterocycles. The van der Waals surface area contributed by atoms with Crippen molar-refractivity contribution < 1.29 is 26.2 Å². The van der Waals surface area contributed by atoms with Crippen LogP contribution in [0.3, 0.4) is 0 Å². The average molecular weight is 790 g/mol. The van der Waals surface area contributed by atoms with Crippen LogP contribution in [-0.2, 0) is 31.9 Å². The summed E-state index contributed by atoms with van der Waals surface area (Å²) in [5.41, 5.74) is 10.8. The van der Waals surface area contributed by atoms with E-state index in [0.29, 0.717) is 11.3 Å².